The number of hydrogen-bond donors (Lipinski definition) is 1. The zero-order valence-electron chi connectivity index (χ0n) is 17.0. The van der Waals surface area contributed by atoms with Crippen LogP contribution in [-0.4, -0.2) is 28.5 Å². The molecule has 1 N–H and O–H groups in total. The van der Waals surface area contributed by atoms with Gasteiger partial charge in [0.2, 0.25) is 0 Å². The first-order valence-electron chi connectivity index (χ1n) is 9.21. The number of methoxy groups -OCH3 is 1. The molecule has 3 aromatic rings. The molecule has 0 fully saturated rings. The summed E-state index contributed by atoms with van der Waals surface area (Å²) in [6, 6.07) is 17.4. The second-order valence-electron chi connectivity index (χ2n) is 6.70. The van der Waals surface area contributed by atoms with Crippen molar-refractivity contribution in [3.8, 4) is 0 Å². The fraction of sp³-hybridized carbons (Fsp3) is 0.217. The highest BCUT2D eigenvalue weighted by Gasteiger charge is 2.18. The molecule has 0 saturated heterocycles. The van der Waals surface area contributed by atoms with Crippen molar-refractivity contribution in [2.45, 2.75) is 20.5 Å². The first-order chi connectivity index (χ1) is 13.9. The summed E-state index contributed by atoms with van der Waals surface area (Å²) in [4.78, 5) is 17.3. The predicted octanol–water partition coefficient (Wildman–Crippen LogP) is 4.58. The molecule has 1 aromatic heterocycles. The third-order valence-electron chi connectivity index (χ3n) is 4.90. The maximum atomic E-state index is 11.7. The SMILES string of the molecule is CO/C(C)=C(/C(=O)O)c1ccccc1CO/N=C(\C)c1cc2ccccc2n1C. The van der Waals surface area contributed by atoms with Gasteiger partial charge in [-0.05, 0) is 31.5 Å². The van der Waals surface area contributed by atoms with Crippen molar-refractivity contribution < 1.29 is 19.5 Å². The molecule has 6 heteroatoms. The summed E-state index contributed by atoms with van der Waals surface area (Å²) in [5.74, 6) is -0.716. The van der Waals surface area contributed by atoms with E-state index >= 15 is 0 Å². The molecule has 29 heavy (non-hydrogen) atoms. The minimum absolute atomic E-state index is 0.112. The number of rotatable bonds is 7. The van der Waals surface area contributed by atoms with E-state index in [4.69, 9.17) is 9.57 Å². The number of ether oxygens (including phenoxy) is 1. The molecule has 1 heterocycles. The van der Waals surface area contributed by atoms with Gasteiger partial charge in [-0.1, -0.05) is 47.6 Å². The highest BCUT2D eigenvalue weighted by molar-refractivity contribution is 6.16. The largest absolute Gasteiger partial charge is 0.500 e. The van der Waals surface area contributed by atoms with E-state index in [0.29, 0.717) is 11.3 Å². The molecule has 0 amide bonds. The molecule has 150 valence electrons. The van der Waals surface area contributed by atoms with Gasteiger partial charge in [0.25, 0.3) is 0 Å². The van der Waals surface area contributed by atoms with Crippen molar-refractivity contribution in [1.29, 1.82) is 0 Å². The van der Waals surface area contributed by atoms with Gasteiger partial charge in [-0.2, -0.15) is 0 Å². The van der Waals surface area contributed by atoms with Gasteiger partial charge in [-0.25, -0.2) is 4.79 Å². The Bertz CT molecular complexity index is 1110. The number of oxime groups is 1. The first kappa shape index (κ1) is 20.2. The number of allylic oxidation sites excluding steroid dienone is 1. The standard InChI is InChI=1S/C23H24N2O4/c1-15(21-13-17-9-6-8-12-20(17)25(21)3)24-29-14-18-10-5-7-11-19(18)22(23(26)27)16(2)28-4/h5-13H,14H2,1-4H3,(H,26,27)/b22-16+,24-15+. The molecule has 0 unspecified atom stereocenters. The number of carbonyl (C=O) groups is 1. The Morgan fingerprint density at radius 3 is 2.48 bits per heavy atom. The normalized spacial score (nSPS) is 12.6. The van der Waals surface area contributed by atoms with Crippen LogP contribution in [-0.2, 0) is 28.0 Å². The minimum Gasteiger partial charge on any atom is -0.500 e. The predicted molar refractivity (Wildman–Crippen MR) is 114 cm³/mol. The third-order valence-corrected chi connectivity index (χ3v) is 4.90. The summed E-state index contributed by atoms with van der Waals surface area (Å²) in [5, 5.41) is 15.0. The van der Waals surface area contributed by atoms with E-state index in [9.17, 15) is 9.90 Å². The average Bonchev–Trinajstić information content (AvgIpc) is 3.06. The molecule has 6 nitrogen and oxygen atoms in total. The summed E-state index contributed by atoms with van der Waals surface area (Å²) in [7, 11) is 3.44. The van der Waals surface area contributed by atoms with E-state index in [1.165, 1.54) is 7.11 Å². The van der Waals surface area contributed by atoms with Crippen LogP contribution < -0.4 is 0 Å². The van der Waals surface area contributed by atoms with E-state index < -0.39 is 5.97 Å². The summed E-state index contributed by atoms with van der Waals surface area (Å²) < 4.78 is 7.22. The van der Waals surface area contributed by atoms with Crippen molar-refractivity contribution in [3.63, 3.8) is 0 Å². The van der Waals surface area contributed by atoms with Gasteiger partial charge in [-0.15, -0.1) is 0 Å². The summed E-state index contributed by atoms with van der Waals surface area (Å²) in [5.41, 5.74) is 4.20. The molecule has 0 aliphatic rings. The van der Waals surface area contributed by atoms with Crippen molar-refractivity contribution in [2.75, 3.05) is 7.11 Å². The van der Waals surface area contributed by atoms with Crippen molar-refractivity contribution in [2.24, 2.45) is 12.2 Å². The molecule has 0 spiro atoms. The number of carboxylic acids is 1. The van der Waals surface area contributed by atoms with E-state index in [0.717, 1.165) is 27.9 Å². The van der Waals surface area contributed by atoms with Gasteiger partial charge in [0.15, 0.2) is 0 Å². The molecule has 0 aliphatic heterocycles. The summed E-state index contributed by atoms with van der Waals surface area (Å²) in [6.45, 7) is 3.66. The minimum atomic E-state index is -1.05. The van der Waals surface area contributed by atoms with E-state index in [1.54, 1.807) is 19.1 Å². The molecule has 0 aliphatic carbocycles. The number of para-hydroxylation sites is 1. The highest BCUT2D eigenvalue weighted by Crippen LogP contribution is 2.24. The highest BCUT2D eigenvalue weighted by atomic mass is 16.6. The monoisotopic (exact) mass is 392 g/mol. The van der Waals surface area contributed by atoms with E-state index in [-0.39, 0.29) is 12.2 Å². The number of aryl methyl sites for hydroxylation is 1. The summed E-state index contributed by atoms with van der Waals surface area (Å²) >= 11 is 0. The number of aliphatic carboxylic acids is 1. The molecule has 2 aromatic carbocycles. The van der Waals surface area contributed by atoms with Crippen LogP contribution in [0, 0.1) is 0 Å². The zero-order valence-corrected chi connectivity index (χ0v) is 17.0. The number of nitrogens with zero attached hydrogens (tertiary/aromatic N) is 2. The molecular formula is C23H24N2O4. The van der Waals surface area contributed by atoms with Gasteiger partial charge in [0.05, 0.1) is 12.8 Å². The van der Waals surface area contributed by atoms with E-state index in [2.05, 4.69) is 27.9 Å². The van der Waals surface area contributed by atoms with Crippen LogP contribution in [0.3, 0.4) is 0 Å². The Hall–Kier alpha value is -3.54. The molecule has 0 bridgehead atoms. The Labute approximate surface area is 169 Å². The lowest BCUT2D eigenvalue weighted by Crippen LogP contribution is -2.07. The van der Waals surface area contributed by atoms with Gasteiger partial charge >= 0.3 is 5.97 Å². The Morgan fingerprint density at radius 2 is 1.79 bits per heavy atom. The average molecular weight is 392 g/mol. The topological polar surface area (TPSA) is 73.1 Å². The van der Waals surface area contributed by atoms with Crippen LogP contribution in [0.5, 0.6) is 0 Å². The lowest BCUT2D eigenvalue weighted by molar-refractivity contribution is -0.130. The van der Waals surface area contributed by atoms with Crippen LogP contribution in [0.2, 0.25) is 0 Å². The van der Waals surface area contributed by atoms with Gasteiger partial charge in [-0.3, -0.25) is 0 Å². The van der Waals surface area contributed by atoms with Gasteiger partial charge in [0, 0.05) is 23.5 Å². The first-order valence-corrected chi connectivity index (χ1v) is 9.21. The Kier molecular flexibility index (Phi) is 6.02. The molecular weight excluding hydrogens is 368 g/mol. The van der Waals surface area contributed by atoms with Gasteiger partial charge < -0.3 is 19.2 Å². The quantitative estimate of drug-likeness (QED) is 0.276. The molecule has 0 atom stereocenters. The molecule has 0 saturated carbocycles. The second-order valence-corrected chi connectivity index (χ2v) is 6.70. The van der Waals surface area contributed by atoms with Crippen LogP contribution in [0.1, 0.15) is 30.7 Å². The summed E-state index contributed by atoms with van der Waals surface area (Å²) in [6.07, 6.45) is 0. The van der Waals surface area contributed by atoms with Crippen LogP contribution in [0.4, 0.5) is 0 Å². The van der Waals surface area contributed by atoms with E-state index in [1.807, 2.05) is 38.2 Å². The molecule has 3 rings (SSSR count). The van der Waals surface area contributed by atoms with Crippen molar-refractivity contribution in [1.82, 2.24) is 4.57 Å². The Morgan fingerprint density at radius 1 is 1.10 bits per heavy atom. The van der Waals surface area contributed by atoms with Crippen molar-refractivity contribution >= 4 is 28.2 Å². The van der Waals surface area contributed by atoms with Crippen LogP contribution in [0.15, 0.2) is 65.5 Å². The van der Waals surface area contributed by atoms with Crippen LogP contribution >= 0.6 is 0 Å². The lowest BCUT2D eigenvalue weighted by Gasteiger charge is -2.12. The fourth-order valence-electron chi connectivity index (χ4n) is 3.33. The maximum Gasteiger partial charge on any atom is 0.339 e. The lowest BCUT2D eigenvalue weighted by atomic mass is 9.99. The maximum absolute atomic E-state index is 11.7. The number of aromatic nitrogens is 1. The Balaban J connectivity index is 1.85. The third kappa shape index (κ3) is 4.16. The number of fused-ring (bicyclic) bond motifs is 1. The van der Waals surface area contributed by atoms with Gasteiger partial charge in [0.1, 0.15) is 23.7 Å². The zero-order chi connectivity index (χ0) is 21.0. The molecule has 0 radical (unpaired) electrons. The van der Waals surface area contributed by atoms with Crippen LogP contribution in [0.25, 0.3) is 16.5 Å². The van der Waals surface area contributed by atoms with Crippen molar-refractivity contribution in [3.05, 3.63) is 77.2 Å². The fourth-order valence-corrected chi connectivity index (χ4v) is 3.33. The number of hydrogen-bond acceptors (Lipinski definition) is 4. The number of benzene rings is 2. The number of carboxylic acid groups (broad SMARTS) is 1. The smallest absolute Gasteiger partial charge is 0.339 e. The second kappa shape index (κ2) is 8.65.